The van der Waals surface area contributed by atoms with Crippen LogP contribution in [-0.2, 0) is 11.3 Å². The highest BCUT2D eigenvalue weighted by molar-refractivity contribution is 8.00. The quantitative estimate of drug-likeness (QED) is 0.797. The lowest BCUT2D eigenvalue weighted by Crippen LogP contribution is -2.52. The third-order valence-corrected chi connectivity index (χ3v) is 5.69. The number of thioether (sulfide) groups is 1. The van der Waals surface area contributed by atoms with E-state index in [-0.39, 0.29) is 0 Å². The minimum atomic E-state index is 0.459. The van der Waals surface area contributed by atoms with Gasteiger partial charge in [-0.2, -0.15) is 0 Å². The molecule has 0 spiro atoms. The molecule has 0 unspecified atom stereocenters. The minimum absolute atomic E-state index is 0.459. The van der Waals surface area contributed by atoms with Crippen LogP contribution in [0.2, 0.25) is 0 Å². The molecule has 0 amide bonds. The molecular formula is C12H19N3OS2. The maximum atomic E-state index is 5.90. The predicted molar refractivity (Wildman–Crippen MR) is 74.1 cm³/mol. The number of morpholine rings is 1. The zero-order valence-electron chi connectivity index (χ0n) is 10.7. The van der Waals surface area contributed by atoms with Crippen LogP contribution in [-0.4, -0.2) is 46.7 Å². The van der Waals surface area contributed by atoms with E-state index in [4.69, 9.17) is 4.74 Å². The maximum Gasteiger partial charge on any atom is 0.174 e. The summed E-state index contributed by atoms with van der Waals surface area (Å²) in [5, 5.41) is 9.61. The molecule has 0 radical (unpaired) electrons. The number of ether oxygens (including phenoxy) is 1. The number of hydrogen-bond donors (Lipinski definition) is 0. The fourth-order valence-electron chi connectivity index (χ4n) is 2.93. The van der Waals surface area contributed by atoms with E-state index in [1.807, 2.05) is 0 Å². The van der Waals surface area contributed by atoms with Crippen molar-refractivity contribution in [3.05, 3.63) is 5.01 Å². The Morgan fingerprint density at radius 2 is 2.28 bits per heavy atom. The van der Waals surface area contributed by atoms with Gasteiger partial charge in [0.05, 0.1) is 19.3 Å². The predicted octanol–water partition coefficient (Wildman–Crippen LogP) is 2.40. The highest BCUT2D eigenvalue weighted by Crippen LogP contribution is 2.30. The maximum absolute atomic E-state index is 5.90. The normalized spacial score (nSPS) is 29.2. The van der Waals surface area contributed by atoms with Gasteiger partial charge < -0.3 is 4.74 Å². The van der Waals surface area contributed by atoms with E-state index in [2.05, 4.69) is 21.4 Å². The summed E-state index contributed by atoms with van der Waals surface area (Å²) >= 11 is 3.40. The van der Waals surface area contributed by atoms with Gasteiger partial charge >= 0.3 is 0 Å². The van der Waals surface area contributed by atoms with E-state index < -0.39 is 0 Å². The van der Waals surface area contributed by atoms with Crippen molar-refractivity contribution in [1.29, 1.82) is 0 Å². The Bertz CT molecular complexity index is 396. The molecular weight excluding hydrogens is 266 g/mol. The molecule has 2 atom stereocenters. The second-order valence-corrected chi connectivity index (χ2v) is 7.01. The van der Waals surface area contributed by atoms with Crippen molar-refractivity contribution in [3.63, 3.8) is 0 Å². The van der Waals surface area contributed by atoms with Crippen LogP contribution in [0.4, 0.5) is 0 Å². The lowest BCUT2D eigenvalue weighted by Gasteiger charge is -2.43. The zero-order valence-corrected chi connectivity index (χ0v) is 12.3. The summed E-state index contributed by atoms with van der Waals surface area (Å²) < 4.78 is 6.97. The number of aromatic nitrogens is 2. The number of rotatable bonds is 3. The summed E-state index contributed by atoms with van der Waals surface area (Å²) in [5.74, 6) is 0. The molecule has 1 aromatic heterocycles. The first-order valence-electron chi connectivity index (χ1n) is 6.59. The smallest absolute Gasteiger partial charge is 0.174 e. The average molecular weight is 285 g/mol. The molecule has 3 rings (SSSR count). The van der Waals surface area contributed by atoms with E-state index in [1.165, 1.54) is 25.7 Å². The molecule has 2 aliphatic rings. The Morgan fingerprint density at radius 3 is 3.11 bits per heavy atom. The SMILES string of the molecule is CSc1nnc(CN2CCO[C@H]3CCCC[C@H]32)s1. The van der Waals surface area contributed by atoms with Gasteiger partial charge in [-0.25, -0.2) is 0 Å². The number of fused-ring (bicyclic) bond motifs is 1. The Kier molecular flexibility index (Phi) is 4.18. The van der Waals surface area contributed by atoms with E-state index in [9.17, 15) is 0 Å². The summed E-state index contributed by atoms with van der Waals surface area (Å²) in [6.45, 7) is 2.85. The third-order valence-electron chi connectivity index (χ3n) is 3.81. The van der Waals surface area contributed by atoms with Crippen LogP contribution in [0.1, 0.15) is 30.7 Å². The van der Waals surface area contributed by atoms with E-state index >= 15 is 0 Å². The molecule has 2 heterocycles. The molecule has 100 valence electrons. The molecule has 4 nitrogen and oxygen atoms in total. The highest BCUT2D eigenvalue weighted by Gasteiger charge is 2.34. The van der Waals surface area contributed by atoms with E-state index in [1.54, 1.807) is 23.1 Å². The summed E-state index contributed by atoms with van der Waals surface area (Å²) in [6, 6.07) is 0.606. The molecule has 1 saturated heterocycles. The lowest BCUT2D eigenvalue weighted by atomic mass is 9.90. The van der Waals surface area contributed by atoms with Gasteiger partial charge in [0.15, 0.2) is 4.34 Å². The first-order chi connectivity index (χ1) is 8.86. The summed E-state index contributed by atoms with van der Waals surface area (Å²) in [7, 11) is 0. The van der Waals surface area contributed by atoms with Crippen molar-refractivity contribution in [1.82, 2.24) is 15.1 Å². The van der Waals surface area contributed by atoms with Gasteiger partial charge in [0.1, 0.15) is 5.01 Å². The fourth-order valence-corrected chi connectivity index (χ4v) is 4.27. The Labute approximate surface area is 116 Å². The minimum Gasteiger partial charge on any atom is -0.375 e. The zero-order chi connectivity index (χ0) is 12.4. The van der Waals surface area contributed by atoms with Crippen LogP contribution in [0.5, 0.6) is 0 Å². The Hall–Kier alpha value is -0.170. The first kappa shape index (κ1) is 12.8. The molecule has 18 heavy (non-hydrogen) atoms. The third kappa shape index (κ3) is 2.71. The van der Waals surface area contributed by atoms with Crippen molar-refractivity contribution in [2.45, 2.75) is 48.7 Å². The van der Waals surface area contributed by atoms with Crippen molar-refractivity contribution in [2.24, 2.45) is 0 Å². The average Bonchev–Trinajstić information content (AvgIpc) is 2.87. The molecule has 0 aromatic carbocycles. The highest BCUT2D eigenvalue weighted by atomic mass is 32.2. The Morgan fingerprint density at radius 1 is 1.39 bits per heavy atom. The molecule has 1 aromatic rings. The van der Waals surface area contributed by atoms with Crippen molar-refractivity contribution in [3.8, 4) is 0 Å². The lowest BCUT2D eigenvalue weighted by molar-refractivity contribution is -0.0911. The second-order valence-electron chi connectivity index (χ2n) is 4.90. The van der Waals surface area contributed by atoms with Crippen molar-refractivity contribution in [2.75, 3.05) is 19.4 Å². The van der Waals surface area contributed by atoms with Gasteiger partial charge in [0, 0.05) is 12.6 Å². The summed E-state index contributed by atoms with van der Waals surface area (Å²) in [5.41, 5.74) is 0. The molecule has 0 bridgehead atoms. The second kappa shape index (κ2) is 5.86. The topological polar surface area (TPSA) is 38.2 Å². The van der Waals surface area contributed by atoms with Crippen LogP contribution in [0, 0.1) is 0 Å². The number of hydrogen-bond acceptors (Lipinski definition) is 6. The van der Waals surface area contributed by atoms with Crippen LogP contribution in [0.25, 0.3) is 0 Å². The van der Waals surface area contributed by atoms with E-state index in [0.29, 0.717) is 12.1 Å². The monoisotopic (exact) mass is 285 g/mol. The van der Waals surface area contributed by atoms with Crippen LogP contribution in [0.15, 0.2) is 4.34 Å². The standard InChI is InChI=1S/C12H19N3OS2/c1-17-12-14-13-11(18-12)8-15-6-7-16-10-5-3-2-4-9(10)15/h9-10H,2-8H2,1H3/t9-,10+/m1/s1. The first-order valence-corrected chi connectivity index (χ1v) is 8.63. The van der Waals surface area contributed by atoms with Gasteiger partial charge in [-0.05, 0) is 19.1 Å². The molecule has 2 fully saturated rings. The molecule has 6 heteroatoms. The fraction of sp³-hybridized carbons (Fsp3) is 0.833. The van der Waals surface area contributed by atoms with Gasteiger partial charge in [-0.3, -0.25) is 4.90 Å². The summed E-state index contributed by atoms with van der Waals surface area (Å²) in [6.07, 6.45) is 7.68. The largest absolute Gasteiger partial charge is 0.375 e. The summed E-state index contributed by atoms with van der Waals surface area (Å²) in [4.78, 5) is 2.55. The van der Waals surface area contributed by atoms with Crippen LogP contribution in [0.3, 0.4) is 0 Å². The van der Waals surface area contributed by atoms with E-state index in [0.717, 1.165) is 29.0 Å². The molecule has 0 N–H and O–H groups in total. The van der Waals surface area contributed by atoms with Gasteiger partial charge in [0.2, 0.25) is 0 Å². The van der Waals surface area contributed by atoms with Crippen LogP contribution >= 0.6 is 23.1 Å². The van der Waals surface area contributed by atoms with Gasteiger partial charge in [-0.1, -0.05) is 35.9 Å². The van der Waals surface area contributed by atoms with Gasteiger partial charge in [0.25, 0.3) is 0 Å². The van der Waals surface area contributed by atoms with Crippen molar-refractivity contribution < 1.29 is 4.74 Å². The van der Waals surface area contributed by atoms with Crippen LogP contribution < -0.4 is 0 Å². The Balaban J connectivity index is 1.66. The number of nitrogens with zero attached hydrogens (tertiary/aromatic N) is 3. The molecule has 1 saturated carbocycles. The van der Waals surface area contributed by atoms with Gasteiger partial charge in [-0.15, -0.1) is 10.2 Å². The van der Waals surface area contributed by atoms with Crippen molar-refractivity contribution >= 4 is 23.1 Å². The molecule has 1 aliphatic heterocycles. The molecule has 1 aliphatic carbocycles.